The van der Waals surface area contributed by atoms with Gasteiger partial charge in [0.25, 0.3) is 5.91 Å². The number of rotatable bonds is 10. The fraction of sp³-hybridized carbons (Fsp3) is 0.400. The Labute approximate surface area is 352 Å². The summed E-state index contributed by atoms with van der Waals surface area (Å²) in [6, 6.07) is 23.8. The molecule has 0 saturated carbocycles. The van der Waals surface area contributed by atoms with Gasteiger partial charge in [-0.3, -0.25) is 14.5 Å². The van der Waals surface area contributed by atoms with Crippen molar-refractivity contribution >= 4 is 52.5 Å². The van der Waals surface area contributed by atoms with Crippen LogP contribution < -0.4 is 26.4 Å². The number of hydrogen-bond donors (Lipinski definition) is 6. The first kappa shape index (κ1) is 43.3. The zero-order chi connectivity index (χ0) is 41.9. The highest BCUT2D eigenvalue weighted by molar-refractivity contribution is 7.80. The SMILES string of the molecule is CC(C)C(=O)N1Cc2ccccc2CC1CN1CCN(c2ccc(C(N)=O)c(Oc3cnc4[nH]ccc4c3)c2)CC1.CO.Nc1cc(S)ccc1NCC1CCOCC1. The van der Waals surface area contributed by atoms with Gasteiger partial charge in [-0.15, -0.1) is 12.6 Å². The van der Waals surface area contributed by atoms with Gasteiger partial charge in [0.15, 0.2) is 0 Å². The van der Waals surface area contributed by atoms with Crippen molar-refractivity contribution in [2.45, 2.75) is 50.6 Å². The molecule has 3 aromatic carbocycles. The number of anilines is 3. The van der Waals surface area contributed by atoms with Crippen LogP contribution in [0.2, 0.25) is 0 Å². The number of nitrogens with two attached hydrogens (primary N) is 2. The Morgan fingerprint density at radius 2 is 1.75 bits per heavy atom. The maximum absolute atomic E-state index is 13.1. The Morgan fingerprint density at radius 1 is 1.00 bits per heavy atom. The molecule has 2 saturated heterocycles. The molecule has 0 radical (unpaired) electrons. The van der Waals surface area contributed by atoms with Crippen molar-refractivity contribution in [3.63, 3.8) is 0 Å². The molecule has 13 nitrogen and oxygen atoms in total. The number of fused-ring (bicyclic) bond motifs is 2. The monoisotopic (exact) mass is 822 g/mol. The van der Waals surface area contributed by atoms with Crippen molar-refractivity contribution in [2.75, 3.05) is 75.5 Å². The Balaban J connectivity index is 0.000000271. The number of piperazine rings is 1. The van der Waals surface area contributed by atoms with Gasteiger partial charge in [-0.05, 0) is 78.8 Å². The van der Waals surface area contributed by atoms with E-state index in [4.69, 9.17) is 26.0 Å². The third-order valence-corrected chi connectivity index (χ3v) is 11.4. The lowest BCUT2D eigenvalue weighted by atomic mass is 9.92. The average Bonchev–Trinajstić information content (AvgIpc) is 3.72. The number of nitrogens with zero attached hydrogens (tertiary/aromatic N) is 4. The lowest BCUT2D eigenvalue weighted by Gasteiger charge is -2.43. The predicted molar refractivity (Wildman–Crippen MR) is 237 cm³/mol. The van der Waals surface area contributed by atoms with E-state index in [1.54, 1.807) is 12.3 Å². The number of aromatic nitrogens is 2. The van der Waals surface area contributed by atoms with Crippen LogP contribution in [-0.4, -0.2) is 102 Å². The van der Waals surface area contributed by atoms with Gasteiger partial charge in [0.2, 0.25) is 5.91 Å². The number of hydrogen-bond acceptors (Lipinski definition) is 11. The zero-order valence-electron chi connectivity index (χ0n) is 34.3. The molecular weight excluding hydrogens is 765 g/mol. The van der Waals surface area contributed by atoms with Crippen LogP contribution in [-0.2, 0) is 22.5 Å². The first-order chi connectivity index (χ1) is 28.6. The molecule has 8 rings (SSSR count). The zero-order valence-corrected chi connectivity index (χ0v) is 35.2. The van der Waals surface area contributed by atoms with Crippen molar-refractivity contribution in [1.82, 2.24) is 19.8 Å². The number of primary amides is 1. The number of nitrogen functional groups attached to an aromatic ring is 1. The molecule has 5 aromatic rings. The third-order valence-electron chi connectivity index (χ3n) is 11.1. The summed E-state index contributed by atoms with van der Waals surface area (Å²) in [5, 5.41) is 11.3. The van der Waals surface area contributed by atoms with Gasteiger partial charge in [0, 0.05) is 106 Å². The van der Waals surface area contributed by atoms with Crippen molar-refractivity contribution in [3.8, 4) is 11.5 Å². The molecule has 0 aliphatic carbocycles. The number of H-pyrrole nitrogens is 1. The normalized spacial score (nSPS) is 17.0. The Morgan fingerprint density at radius 3 is 2.46 bits per heavy atom. The number of aliphatic hydroxyl groups excluding tert-OH is 1. The van der Waals surface area contributed by atoms with Crippen LogP contribution in [0.1, 0.15) is 48.2 Å². The van der Waals surface area contributed by atoms with E-state index >= 15 is 0 Å². The molecule has 2 amide bonds. The Bertz CT molecular complexity index is 2170. The fourth-order valence-corrected chi connectivity index (χ4v) is 8.05. The number of amides is 2. The standard InChI is InChI=1S/C32H36N6O3.C12H18N2OS.CH4O/c1-21(2)32(40)38-19-24-6-4-3-5-22(24)15-26(38)20-36-11-13-37(14-12-36)25-7-8-28(30(33)39)29(17-25)41-27-16-23-9-10-34-31(23)35-18-27;13-11-7-10(16)1-2-12(11)14-8-9-3-5-15-6-4-9;1-2/h3-10,16-18,21,26H,11-15,19-20H2,1-2H3,(H2,33,39)(H,34,35);1-2,7,9,14,16H,3-6,8,13H2;2H,1H3. The van der Waals surface area contributed by atoms with E-state index in [1.165, 1.54) is 11.1 Å². The molecular formula is C45H58N8O5S. The minimum atomic E-state index is -0.540. The van der Waals surface area contributed by atoms with Crippen molar-refractivity contribution < 1.29 is 24.2 Å². The number of nitrogens with one attached hydrogen (secondary N) is 2. The highest BCUT2D eigenvalue weighted by atomic mass is 32.1. The maximum atomic E-state index is 13.1. The fourth-order valence-electron chi connectivity index (χ4n) is 7.84. The van der Waals surface area contributed by atoms with Crippen LogP contribution in [0.25, 0.3) is 11.0 Å². The number of thiol groups is 1. The second kappa shape index (κ2) is 20.6. The summed E-state index contributed by atoms with van der Waals surface area (Å²) in [5.41, 5.74) is 18.0. The van der Waals surface area contributed by atoms with E-state index in [-0.39, 0.29) is 17.9 Å². The lowest BCUT2D eigenvalue weighted by Crippen LogP contribution is -2.55. The van der Waals surface area contributed by atoms with E-state index in [1.807, 2.05) is 62.5 Å². The van der Waals surface area contributed by atoms with Gasteiger partial charge in [0.05, 0.1) is 23.1 Å². The smallest absolute Gasteiger partial charge is 0.252 e. The van der Waals surface area contributed by atoms with Gasteiger partial charge in [-0.2, -0.15) is 0 Å². The summed E-state index contributed by atoms with van der Waals surface area (Å²) in [6.07, 6.45) is 6.61. The average molecular weight is 823 g/mol. The minimum Gasteiger partial charge on any atom is -0.455 e. The maximum Gasteiger partial charge on any atom is 0.252 e. The van der Waals surface area contributed by atoms with Crippen LogP contribution >= 0.6 is 12.6 Å². The van der Waals surface area contributed by atoms with Crippen LogP contribution in [0.15, 0.2) is 90.1 Å². The third kappa shape index (κ3) is 11.3. The number of aromatic amines is 1. The number of carbonyl (C=O) groups excluding carboxylic acids is 2. The molecule has 1 atom stereocenters. The first-order valence-corrected chi connectivity index (χ1v) is 20.8. The molecule has 3 aliphatic rings. The van der Waals surface area contributed by atoms with E-state index < -0.39 is 5.91 Å². The van der Waals surface area contributed by atoms with Crippen LogP contribution in [0, 0.1) is 11.8 Å². The number of benzene rings is 3. The molecule has 7 N–H and O–H groups in total. The number of ether oxygens (including phenoxy) is 2. The molecule has 0 bridgehead atoms. The highest BCUT2D eigenvalue weighted by Gasteiger charge is 2.33. The molecule has 59 heavy (non-hydrogen) atoms. The van der Waals surface area contributed by atoms with Crippen LogP contribution in [0.3, 0.4) is 0 Å². The number of carbonyl (C=O) groups is 2. The molecule has 14 heteroatoms. The quantitative estimate of drug-likeness (QED) is 0.0704. The van der Waals surface area contributed by atoms with Gasteiger partial charge >= 0.3 is 0 Å². The van der Waals surface area contributed by atoms with Crippen molar-refractivity contribution in [3.05, 3.63) is 102 Å². The molecule has 5 heterocycles. The number of aliphatic hydroxyl groups is 1. The summed E-state index contributed by atoms with van der Waals surface area (Å²) < 4.78 is 11.5. The first-order valence-electron chi connectivity index (χ1n) is 20.4. The van der Waals surface area contributed by atoms with Crippen LogP contribution in [0.5, 0.6) is 11.5 Å². The molecule has 0 spiro atoms. The van der Waals surface area contributed by atoms with Gasteiger partial charge in [0.1, 0.15) is 17.1 Å². The largest absolute Gasteiger partial charge is 0.455 e. The van der Waals surface area contributed by atoms with Crippen molar-refractivity contribution in [1.29, 1.82) is 0 Å². The summed E-state index contributed by atoms with van der Waals surface area (Å²) in [7, 11) is 1.00. The van der Waals surface area contributed by atoms with E-state index in [2.05, 4.69) is 66.9 Å². The summed E-state index contributed by atoms with van der Waals surface area (Å²) in [4.78, 5) is 40.5. The second-order valence-electron chi connectivity index (χ2n) is 15.5. The molecule has 1 unspecified atom stereocenters. The van der Waals surface area contributed by atoms with E-state index in [0.717, 1.165) is 112 Å². The van der Waals surface area contributed by atoms with Crippen LogP contribution in [0.4, 0.5) is 17.1 Å². The molecule has 2 aromatic heterocycles. The highest BCUT2D eigenvalue weighted by Crippen LogP contribution is 2.32. The van der Waals surface area contributed by atoms with E-state index in [0.29, 0.717) is 29.5 Å². The number of pyridine rings is 1. The Hall–Kier alpha value is -5.28. The van der Waals surface area contributed by atoms with Gasteiger partial charge in [-0.1, -0.05) is 38.1 Å². The molecule has 314 valence electrons. The summed E-state index contributed by atoms with van der Waals surface area (Å²) >= 11 is 4.25. The van der Waals surface area contributed by atoms with Gasteiger partial charge < -0.3 is 46.1 Å². The Kier molecular flexibility index (Phi) is 15.1. The second-order valence-corrected chi connectivity index (χ2v) is 16.0. The van der Waals surface area contributed by atoms with Crippen molar-refractivity contribution in [2.24, 2.45) is 17.6 Å². The van der Waals surface area contributed by atoms with E-state index in [9.17, 15) is 9.59 Å². The molecule has 3 aliphatic heterocycles. The molecule has 2 fully saturated rings. The topological polar surface area (TPSA) is 175 Å². The van der Waals surface area contributed by atoms with Gasteiger partial charge in [-0.25, -0.2) is 4.98 Å². The lowest BCUT2D eigenvalue weighted by molar-refractivity contribution is -0.138. The summed E-state index contributed by atoms with van der Waals surface area (Å²) in [6.45, 7) is 11.6. The summed E-state index contributed by atoms with van der Waals surface area (Å²) in [5.74, 6) is 1.30. The minimum absolute atomic E-state index is 0.0277. The predicted octanol–water partition coefficient (Wildman–Crippen LogP) is 6.19.